The number of aromatic nitrogens is 4. The molecule has 0 amide bonds. The zero-order chi connectivity index (χ0) is 10.1. The first-order chi connectivity index (χ1) is 7.43. The van der Waals surface area contributed by atoms with Crippen molar-refractivity contribution in [1.29, 1.82) is 0 Å². The minimum atomic E-state index is 0.691. The van der Waals surface area contributed by atoms with Gasteiger partial charge in [0, 0.05) is 11.8 Å². The summed E-state index contributed by atoms with van der Waals surface area (Å²) in [6.45, 7) is 0. The Kier molecular flexibility index (Phi) is 1.89. The lowest BCUT2D eigenvalue weighted by molar-refractivity contribution is 1.03. The number of hydrogen-bond donors (Lipinski definition) is 0. The summed E-state index contributed by atoms with van der Waals surface area (Å²) in [4.78, 5) is 8.72. The highest BCUT2D eigenvalue weighted by atomic mass is 32.1. The van der Waals surface area contributed by atoms with E-state index < -0.39 is 0 Å². The Balaban J connectivity index is 2.19. The van der Waals surface area contributed by atoms with Crippen molar-refractivity contribution in [2.24, 2.45) is 0 Å². The van der Waals surface area contributed by atoms with E-state index in [1.165, 1.54) is 0 Å². The third-order valence-electron chi connectivity index (χ3n) is 2.05. The van der Waals surface area contributed by atoms with E-state index in [-0.39, 0.29) is 0 Å². The van der Waals surface area contributed by atoms with Gasteiger partial charge in [0.2, 0.25) is 0 Å². The topological polar surface area (TPSA) is 51.6 Å². The molecule has 0 aromatic carbocycles. The van der Waals surface area contributed by atoms with Crippen molar-refractivity contribution in [1.82, 2.24) is 20.2 Å². The molecule has 0 N–H and O–H groups in total. The van der Waals surface area contributed by atoms with Crippen LogP contribution in [0.3, 0.4) is 0 Å². The highest BCUT2D eigenvalue weighted by Gasteiger charge is 2.03. The molecule has 0 spiro atoms. The molecule has 0 fully saturated rings. The van der Waals surface area contributed by atoms with E-state index in [9.17, 15) is 0 Å². The summed E-state index contributed by atoms with van der Waals surface area (Å²) in [5.41, 5.74) is 1.86. The number of thiophene rings is 1. The van der Waals surface area contributed by atoms with Crippen molar-refractivity contribution >= 4 is 21.6 Å². The Morgan fingerprint density at radius 2 is 2.07 bits per heavy atom. The molecular weight excluding hydrogens is 208 g/mol. The highest BCUT2D eigenvalue weighted by Crippen LogP contribution is 2.20. The van der Waals surface area contributed by atoms with Crippen molar-refractivity contribution in [3.05, 3.63) is 36.1 Å². The van der Waals surface area contributed by atoms with E-state index in [1.807, 2.05) is 23.7 Å². The predicted octanol–water partition coefficient (Wildman–Crippen LogP) is 2.15. The summed E-state index contributed by atoms with van der Waals surface area (Å²) in [5, 5.41) is 9.53. The first-order valence-corrected chi connectivity index (χ1v) is 5.29. The molecular formula is C10H6N4S. The van der Waals surface area contributed by atoms with Crippen LogP contribution in [-0.4, -0.2) is 20.2 Å². The van der Waals surface area contributed by atoms with Crippen LogP contribution in [0.15, 0.2) is 36.1 Å². The Bertz CT molecular complexity index is 590. The van der Waals surface area contributed by atoms with Crippen LogP contribution in [0.2, 0.25) is 0 Å². The second kappa shape index (κ2) is 3.36. The molecule has 0 unspecified atom stereocenters. The molecule has 0 radical (unpaired) electrons. The van der Waals surface area contributed by atoms with Crippen LogP contribution in [-0.2, 0) is 0 Å². The zero-order valence-electron chi connectivity index (χ0n) is 7.66. The fourth-order valence-corrected chi connectivity index (χ4v) is 2.02. The van der Waals surface area contributed by atoms with E-state index in [0.717, 1.165) is 15.8 Å². The van der Waals surface area contributed by atoms with Gasteiger partial charge in [-0.15, -0.1) is 11.3 Å². The summed E-state index contributed by atoms with van der Waals surface area (Å²) in [6, 6.07) is 3.83. The van der Waals surface area contributed by atoms with E-state index in [2.05, 4.69) is 20.2 Å². The molecule has 0 saturated heterocycles. The molecule has 4 nitrogen and oxygen atoms in total. The van der Waals surface area contributed by atoms with Crippen LogP contribution < -0.4 is 0 Å². The quantitative estimate of drug-likeness (QED) is 0.622. The Hall–Kier alpha value is -1.88. The SMILES string of the molecule is c1cc(-c2ncc3sccc3n2)cnn1. The van der Waals surface area contributed by atoms with E-state index in [1.54, 1.807) is 23.7 Å². The Morgan fingerprint density at radius 3 is 2.93 bits per heavy atom. The monoisotopic (exact) mass is 214 g/mol. The van der Waals surface area contributed by atoms with Crippen LogP contribution in [0, 0.1) is 0 Å². The lowest BCUT2D eigenvalue weighted by atomic mass is 10.3. The van der Waals surface area contributed by atoms with Crippen molar-refractivity contribution in [2.45, 2.75) is 0 Å². The maximum Gasteiger partial charge on any atom is 0.161 e. The molecule has 15 heavy (non-hydrogen) atoms. The number of fused-ring (bicyclic) bond motifs is 1. The smallest absolute Gasteiger partial charge is 0.161 e. The van der Waals surface area contributed by atoms with Gasteiger partial charge in [-0.1, -0.05) is 0 Å². The normalized spacial score (nSPS) is 10.7. The van der Waals surface area contributed by atoms with Crippen LogP contribution in [0.4, 0.5) is 0 Å². The average molecular weight is 214 g/mol. The van der Waals surface area contributed by atoms with E-state index in [4.69, 9.17) is 0 Å². The fourth-order valence-electron chi connectivity index (χ4n) is 1.33. The van der Waals surface area contributed by atoms with E-state index >= 15 is 0 Å². The lowest BCUT2D eigenvalue weighted by Gasteiger charge is -1.97. The maximum atomic E-state index is 4.44. The zero-order valence-corrected chi connectivity index (χ0v) is 8.48. The minimum absolute atomic E-state index is 0.691. The molecule has 72 valence electrons. The van der Waals surface area contributed by atoms with Crippen molar-refractivity contribution < 1.29 is 0 Å². The van der Waals surface area contributed by atoms with E-state index in [0.29, 0.717) is 5.82 Å². The van der Waals surface area contributed by atoms with Crippen LogP contribution >= 0.6 is 11.3 Å². The van der Waals surface area contributed by atoms with Crippen LogP contribution in [0.25, 0.3) is 21.6 Å². The first kappa shape index (κ1) is 8.43. The molecule has 3 heterocycles. The molecule has 5 heteroatoms. The average Bonchev–Trinajstić information content (AvgIpc) is 2.77. The molecule has 0 aliphatic heterocycles. The summed E-state index contributed by atoms with van der Waals surface area (Å²) in [5.74, 6) is 0.691. The van der Waals surface area contributed by atoms with Gasteiger partial charge >= 0.3 is 0 Å². The van der Waals surface area contributed by atoms with Crippen LogP contribution in [0.5, 0.6) is 0 Å². The number of nitrogens with zero attached hydrogens (tertiary/aromatic N) is 4. The third kappa shape index (κ3) is 1.46. The fraction of sp³-hybridized carbons (Fsp3) is 0. The Morgan fingerprint density at radius 1 is 1.07 bits per heavy atom. The molecule has 3 aromatic rings. The number of rotatable bonds is 1. The molecule has 0 atom stereocenters. The molecule has 0 aliphatic rings. The highest BCUT2D eigenvalue weighted by molar-refractivity contribution is 7.17. The lowest BCUT2D eigenvalue weighted by Crippen LogP contribution is -1.89. The van der Waals surface area contributed by atoms with Crippen LogP contribution in [0.1, 0.15) is 0 Å². The summed E-state index contributed by atoms with van der Waals surface area (Å²) < 4.78 is 1.10. The van der Waals surface area contributed by atoms with Gasteiger partial charge in [-0.25, -0.2) is 9.97 Å². The largest absolute Gasteiger partial charge is 0.235 e. The standard InChI is InChI=1S/C10H6N4S/c1-3-12-13-5-7(1)10-11-6-9-8(14-10)2-4-15-9/h1-6H. The minimum Gasteiger partial charge on any atom is -0.235 e. The molecule has 0 saturated carbocycles. The molecule has 3 rings (SSSR count). The molecule has 0 aliphatic carbocycles. The molecule has 3 aromatic heterocycles. The van der Waals surface area contributed by atoms with Crippen molar-refractivity contribution in [3.8, 4) is 11.4 Å². The van der Waals surface area contributed by atoms with Gasteiger partial charge < -0.3 is 0 Å². The van der Waals surface area contributed by atoms with Crippen molar-refractivity contribution in [2.75, 3.05) is 0 Å². The van der Waals surface area contributed by atoms with Gasteiger partial charge in [-0.05, 0) is 17.5 Å². The number of hydrogen-bond acceptors (Lipinski definition) is 5. The summed E-state index contributed by atoms with van der Waals surface area (Å²) >= 11 is 1.64. The third-order valence-corrected chi connectivity index (χ3v) is 2.89. The van der Waals surface area contributed by atoms with Gasteiger partial charge in [0.15, 0.2) is 5.82 Å². The van der Waals surface area contributed by atoms with Gasteiger partial charge in [-0.2, -0.15) is 10.2 Å². The molecule has 0 bridgehead atoms. The van der Waals surface area contributed by atoms with Gasteiger partial charge in [-0.3, -0.25) is 0 Å². The predicted molar refractivity (Wildman–Crippen MR) is 58.4 cm³/mol. The second-order valence-corrected chi connectivity index (χ2v) is 3.94. The van der Waals surface area contributed by atoms with Gasteiger partial charge in [0.25, 0.3) is 0 Å². The Labute approximate surface area is 89.7 Å². The maximum absolute atomic E-state index is 4.44. The van der Waals surface area contributed by atoms with Crippen molar-refractivity contribution in [3.63, 3.8) is 0 Å². The van der Waals surface area contributed by atoms with Gasteiger partial charge in [0.1, 0.15) is 0 Å². The first-order valence-electron chi connectivity index (χ1n) is 4.41. The summed E-state index contributed by atoms with van der Waals surface area (Å²) in [6.07, 6.45) is 5.13. The van der Waals surface area contributed by atoms with Gasteiger partial charge in [0.05, 0.1) is 22.6 Å². The summed E-state index contributed by atoms with van der Waals surface area (Å²) in [7, 11) is 0. The second-order valence-electron chi connectivity index (χ2n) is 2.99.